The Morgan fingerprint density at radius 2 is 2.36 bits per heavy atom. The van der Waals surface area contributed by atoms with Crippen molar-refractivity contribution in [2.45, 2.75) is 19.2 Å². The Bertz CT molecular complexity index is 381. The van der Waals surface area contributed by atoms with Gasteiger partial charge in [0.05, 0.1) is 16.5 Å². The molecule has 0 unspecified atom stereocenters. The highest BCUT2D eigenvalue weighted by atomic mass is 35.5. The first-order chi connectivity index (χ1) is 6.83. The van der Waals surface area contributed by atoms with Gasteiger partial charge in [0.25, 0.3) is 0 Å². The average Bonchev–Trinajstić information content (AvgIpc) is 2.86. The van der Waals surface area contributed by atoms with Crippen molar-refractivity contribution < 1.29 is 4.42 Å². The van der Waals surface area contributed by atoms with Crippen molar-refractivity contribution in [3.8, 4) is 10.8 Å². The molecule has 4 heteroatoms. The lowest BCUT2D eigenvalue weighted by molar-refractivity contribution is 0.575. The first-order valence-corrected chi connectivity index (χ1v) is 5.78. The molecule has 0 atom stereocenters. The summed E-state index contributed by atoms with van der Waals surface area (Å²) in [4.78, 5) is 6.66. The lowest BCUT2D eigenvalue weighted by atomic mass is 10.4. The predicted octanol–water partition coefficient (Wildman–Crippen LogP) is 3.70. The monoisotopic (exact) mass is 227 g/mol. The van der Waals surface area contributed by atoms with Gasteiger partial charge in [-0.3, -0.25) is 0 Å². The summed E-state index contributed by atoms with van der Waals surface area (Å²) in [6.45, 7) is 2.13. The number of aromatic nitrogens is 1. The van der Waals surface area contributed by atoms with Crippen LogP contribution in [0.25, 0.3) is 10.8 Å². The molecule has 0 amide bonds. The van der Waals surface area contributed by atoms with Gasteiger partial charge in [-0.05, 0) is 18.6 Å². The molecule has 0 saturated carbocycles. The topological polar surface area (TPSA) is 26.0 Å². The first-order valence-electron chi connectivity index (χ1n) is 4.43. The summed E-state index contributed by atoms with van der Waals surface area (Å²) in [5, 5.41) is 0. The molecule has 0 fully saturated rings. The van der Waals surface area contributed by atoms with E-state index in [1.807, 2.05) is 6.07 Å². The van der Waals surface area contributed by atoms with Crippen molar-refractivity contribution >= 4 is 22.9 Å². The molecule has 0 bridgehead atoms. The average molecular weight is 228 g/mol. The van der Waals surface area contributed by atoms with Crippen LogP contribution in [0.3, 0.4) is 0 Å². The number of rotatable bonds is 3. The summed E-state index contributed by atoms with van der Waals surface area (Å²) >= 11 is 7.35. The second-order valence-electron chi connectivity index (χ2n) is 2.90. The van der Waals surface area contributed by atoms with Crippen molar-refractivity contribution in [1.29, 1.82) is 0 Å². The van der Waals surface area contributed by atoms with E-state index in [4.69, 9.17) is 16.0 Å². The van der Waals surface area contributed by atoms with Gasteiger partial charge in [0, 0.05) is 4.88 Å². The Hall–Kier alpha value is -0.800. The maximum Gasteiger partial charge on any atom is 0.236 e. The zero-order valence-electron chi connectivity index (χ0n) is 7.79. The van der Waals surface area contributed by atoms with Crippen LogP contribution in [0.5, 0.6) is 0 Å². The predicted molar refractivity (Wildman–Crippen MR) is 58.8 cm³/mol. The van der Waals surface area contributed by atoms with E-state index < -0.39 is 0 Å². The second-order valence-corrected chi connectivity index (χ2v) is 4.33. The molecular formula is C10H10ClNOS. The van der Waals surface area contributed by atoms with Crippen molar-refractivity contribution in [2.75, 3.05) is 0 Å². The fraction of sp³-hybridized carbons (Fsp3) is 0.300. The van der Waals surface area contributed by atoms with Gasteiger partial charge in [-0.15, -0.1) is 22.9 Å². The van der Waals surface area contributed by atoms with Crippen LogP contribution in [0, 0.1) is 0 Å². The molecule has 0 aliphatic heterocycles. The summed E-state index contributed by atoms with van der Waals surface area (Å²) < 4.78 is 5.31. The second kappa shape index (κ2) is 4.15. The number of aryl methyl sites for hydroxylation is 1. The Morgan fingerprint density at radius 1 is 1.50 bits per heavy atom. The maximum atomic E-state index is 5.64. The molecule has 0 aliphatic rings. The number of alkyl halides is 1. The highest BCUT2D eigenvalue weighted by Crippen LogP contribution is 2.27. The first kappa shape index (κ1) is 9.74. The number of oxazole rings is 1. The summed E-state index contributed by atoms with van der Waals surface area (Å²) in [7, 11) is 0. The maximum absolute atomic E-state index is 5.64. The number of halogens is 1. The molecule has 2 nitrogen and oxygen atoms in total. The molecule has 2 aromatic rings. The van der Waals surface area contributed by atoms with Gasteiger partial charge < -0.3 is 4.42 Å². The normalized spacial score (nSPS) is 10.7. The van der Waals surface area contributed by atoms with Crippen molar-refractivity contribution in [3.63, 3.8) is 0 Å². The lowest BCUT2D eigenvalue weighted by Crippen LogP contribution is -1.75. The summed E-state index contributed by atoms with van der Waals surface area (Å²) in [5.74, 6) is 1.07. The van der Waals surface area contributed by atoms with Gasteiger partial charge >= 0.3 is 0 Å². The Morgan fingerprint density at radius 3 is 2.93 bits per heavy atom. The highest BCUT2D eigenvalue weighted by Gasteiger charge is 2.08. The minimum atomic E-state index is 0.398. The third-order valence-corrected chi connectivity index (χ3v) is 3.40. The van der Waals surface area contributed by atoms with Crippen LogP contribution in [-0.2, 0) is 12.3 Å². The van der Waals surface area contributed by atoms with Crippen LogP contribution in [0.4, 0.5) is 0 Å². The fourth-order valence-corrected chi connectivity index (χ4v) is 2.17. The molecule has 2 aromatic heterocycles. The zero-order chi connectivity index (χ0) is 9.97. The van der Waals surface area contributed by atoms with Crippen LogP contribution in [0.15, 0.2) is 22.8 Å². The van der Waals surface area contributed by atoms with E-state index in [1.165, 1.54) is 4.88 Å². The van der Waals surface area contributed by atoms with Gasteiger partial charge in [-0.25, -0.2) is 4.98 Å². The quantitative estimate of drug-likeness (QED) is 0.748. The minimum Gasteiger partial charge on any atom is -0.444 e. The molecule has 14 heavy (non-hydrogen) atoms. The van der Waals surface area contributed by atoms with E-state index in [1.54, 1.807) is 17.6 Å². The van der Waals surface area contributed by atoms with Gasteiger partial charge in [0.15, 0.2) is 0 Å². The number of nitrogens with zero attached hydrogens (tertiary/aromatic N) is 1. The van der Waals surface area contributed by atoms with E-state index in [9.17, 15) is 0 Å². The number of hydrogen-bond donors (Lipinski definition) is 0. The van der Waals surface area contributed by atoms with Gasteiger partial charge in [-0.2, -0.15) is 0 Å². The molecule has 2 rings (SSSR count). The van der Waals surface area contributed by atoms with Crippen LogP contribution in [0.1, 0.15) is 17.5 Å². The van der Waals surface area contributed by atoms with Gasteiger partial charge in [0.1, 0.15) is 6.26 Å². The lowest BCUT2D eigenvalue weighted by Gasteiger charge is -1.86. The number of thiophene rings is 1. The Balaban J connectivity index is 2.29. The SMILES string of the molecule is CCc1ccc(-c2nc(CCl)co2)s1. The molecular weight excluding hydrogens is 218 g/mol. The zero-order valence-corrected chi connectivity index (χ0v) is 9.36. The summed E-state index contributed by atoms with van der Waals surface area (Å²) in [6, 6.07) is 4.14. The molecule has 0 radical (unpaired) electrons. The molecule has 0 aromatic carbocycles. The van der Waals surface area contributed by atoms with Crippen LogP contribution < -0.4 is 0 Å². The smallest absolute Gasteiger partial charge is 0.236 e. The highest BCUT2D eigenvalue weighted by molar-refractivity contribution is 7.15. The molecule has 0 saturated heterocycles. The minimum absolute atomic E-state index is 0.398. The van der Waals surface area contributed by atoms with E-state index in [2.05, 4.69) is 18.0 Å². The molecule has 0 spiro atoms. The molecule has 0 aliphatic carbocycles. The third-order valence-electron chi connectivity index (χ3n) is 1.91. The largest absolute Gasteiger partial charge is 0.444 e. The van der Waals surface area contributed by atoms with Gasteiger partial charge in [0.2, 0.25) is 5.89 Å². The van der Waals surface area contributed by atoms with Crippen LogP contribution in [0.2, 0.25) is 0 Å². The molecule has 74 valence electrons. The Kier molecular flexibility index (Phi) is 2.89. The molecule has 2 heterocycles. The van der Waals surface area contributed by atoms with Crippen LogP contribution in [-0.4, -0.2) is 4.98 Å². The Labute approximate surface area is 91.5 Å². The van der Waals surface area contributed by atoms with Gasteiger partial charge in [-0.1, -0.05) is 6.92 Å². The van der Waals surface area contributed by atoms with Crippen molar-refractivity contribution in [1.82, 2.24) is 4.98 Å². The van der Waals surface area contributed by atoms with E-state index in [0.29, 0.717) is 11.8 Å². The fourth-order valence-electron chi connectivity index (χ4n) is 1.16. The summed E-state index contributed by atoms with van der Waals surface area (Å²) in [6.07, 6.45) is 2.65. The third kappa shape index (κ3) is 1.83. The van der Waals surface area contributed by atoms with E-state index in [-0.39, 0.29) is 0 Å². The number of hydrogen-bond acceptors (Lipinski definition) is 3. The van der Waals surface area contributed by atoms with Crippen LogP contribution >= 0.6 is 22.9 Å². The summed E-state index contributed by atoms with van der Waals surface area (Å²) in [5.41, 5.74) is 0.785. The van der Waals surface area contributed by atoms with E-state index >= 15 is 0 Å². The van der Waals surface area contributed by atoms with Crippen molar-refractivity contribution in [2.24, 2.45) is 0 Å². The van der Waals surface area contributed by atoms with E-state index in [0.717, 1.165) is 17.0 Å². The molecule has 0 N–H and O–H groups in total. The standard InChI is InChI=1S/C10H10ClNOS/c1-2-8-3-4-9(14-8)10-12-7(5-11)6-13-10/h3-4,6H,2,5H2,1H3. The van der Waals surface area contributed by atoms with Crippen molar-refractivity contribution in [3.05, 3.63) is 29.0 Å².